The number of anilines is 1. The molecule has 5 N–H and O–H groups in total. The summed E-state index contributed by atoms with van der Waals surface area (Å²) in [6.45, 7) is 0.486. The summed E-state index contributed by atoms with van der Waals surface area (Å²) in [5, 5.41) is 36.4. The molecule has 2 aliphatic heterocycles. The molecule has 1 fully saturated rings. The number of hydrogen-bond donors (Lipinski definition) is 4. The number of carbonyl (C=O) groups excluding carboxylic acids is 3. The lowest BCUT2D eigenvalue weighted by Crippen LogP contribution is -2.72. The molecule has 34 heavy (non-hydrogen) atoms. The minimum absolute atomic E-state index is 0.0656. The zero-order chi connectivity index (χ0) is 25.0. The minimum atomic E-state index is -1.51. The van der Waals surface area contributed by atoms with Crippen LogP contribution in [0.3, 0.4) is 0 Å². The van der Waals surface area contributed by atoms with Gasteiger partial charge in [-0.3, -0.25) is 14.5 Å². The van der Waals surface area contributed by atoms with E-state index in [1.165, 1.54) is 18.9 Å². The van der Waals surface area contributed by atoms with E-state index >= 15 is 0 Å². The van der Waals surface area contributed by atoms with Gasteiger partial charge in [0.15, 0.2) is 5.13 Å². The van der Waals surface area contributed by atoms with Crippen molar-refractivity contribution in [2.75, 3.05) is 58.5 Å². The van der Waals surface area contributed by atoms with Gasteiger partial charge in [-0.1, -0.05) is 5.16 Å². The maximum absolute atomic E-state index is 12.9. The van der Waals surface area contributed by atoms with E-state index in [0.29, 0.717) is 18.7 Å². The number of fused-ring (bicyclic) bond motifs is 1. The number of nitrogens with two attached hydrogens (primary N) is 1. The molecule has 0 bridgehead atoms. The standard InChI is InChI=1S/C18H25N7O7S2/c1-25(3-5-26,4-6-27)7-9-8-33-16-11(15(29)24(16)12(9)17(30)31)20-14(28)10(22-32-2)13-21-18(19)34-23-13/h11,16,26-27H,3-8H2,1-2H3,(H3-,19,20,21,23,28,30,31)/b22-10-/t11-,16-/m1/s1. The number of β-lactam (4-membered cyclic amide) rings is 1. The van der Waals surface area contributed by atoms with Gasteiger partial charge >= 0.3 is 0 Å². The third-order valence-electron chi connectivity index (χ3n) is 5.43. The zero-order valence-electron chi connectivity index (χ0n) is 18.5. The Hall–Kier alpha value is -2.79. The number of aliphatic hydroxyl groups is 2. The molecule has 0 saturated carbocycles. The van der Waals surface area contributed by atoms with E-state index in [2.05, 4.69) is 24.7 Å². The molecule has 1 aromatic rings. The highest BCUT2D eigenvalue weighted by Gasteiger charge is 2.53. The molecule has 1 saturated heterocycles. The Labute approximate surface area is 202 Å². The number of amides is 2. The number of thioether (sulfide) groups is 1. The smallest absolute Gasteiger partial charge is 0.278 e. The van der Waals surface area contributed by atoms with Crippen LogP contribution in [0.25, 0.3) is 0 Å². The topological polar surface area (TPSA) is 203 Å². The van der Waals surface area contributed by atoms with Crippen molar-refractivity contribution in [3.8, 4) is 0 Å². The van der Waals surface area contributed by atoms with Gasteiger partial charge < -0.3 is 40.5 Å². The van der Waals surface area contributed by atoms with E-state index in [4.69, 9.17) is 5.73 Å². The fourth-order valence-electron chi connectivity index (χ4n) is 3.82. The van der Waals surface area contributed by atoms with E-state index in [0.717, 1.165) is 16.4 Å². The van der Waals surface area contributed by atoms with Gasteiger partial charge in [0, 0.05) is 22.9 Å². The number of oxime groups is 1. The molecule has 3 rings (SSSR count). The Balaban J connectivity index is 1.80. The lowest BCUT2D eigenvalue weighted by molar-refractivity contribution is -0.905. The summed E-state index contributed by atoms with van der Waals surface area (Å²) in [6, 6.07) is -1.01. The first-order valence-electron chi connectivity index (χ1n) is 10.1. The van der Waals surface area contributed by atoms with E-state index in [9.17, 15) is 29.7 Å². The maximum atomic E-state index is 12.9. The molecule has 16 heteroatoms. The fraction of sp³-hybridized carbons (Fsp3) is 0.556. The molecule has 2 atom stereocenters. The second-order valence-electron chi connectivity index (χ2n) is 7.85. The summed E-state index contributed by atoms with van der Waals surface area (Å²) in [7, 11) is 3.01. The van der Waals surface area contributed by atoms with Crippen molar-refractivity contribution in [3.05, 3.63) is 17.1 Å². The Morgan fingerprint density at radius 2 is 2.06 bits per heavy atom. The minimum Gasteiger partial charge on any atom is -0.543 e. The van der Waals surface area contributed by atoms with Crippen LogP contribution in [0, 0.1) is 0 Å². The number of likely N-dealkylation sites (N-methyl/N-ethyl adjacent to an activating group) is 1. The summed E-state index contributed by atoms with van der Waals surface area (Å²) >= 11 is 2.14. The summed E-state index contributed by atoms with van der Waals surface area (Å²) in [4.78, 5) is 47.3. The highest BCUT2D eigenvalue weighted by Crippen LogP contribution is 2.40. The average molecular weight is 516 g/mol. The molecule has 2 amide bonds. The van der Waals surface area contributed by atoms with Crippen molar-refractivity contribution in [2.45, 2.75) is 11.4 Å². The van der Waals surface area contributed by atoms with Gasteiger partial charge in [0.25, 0.3) is 11.8 Å². The number of nitrogens with zero attached hydrogens (tertiary/aromatic N) is 5. The van der Waals surface area contributed by atoms with E-state index in [-0.39, 0.29) is 52.4 Å². The predicted octanol–water partition coefficient (Wildman–Crippen LogP) is -3.69. The van der Waals surface area contributed by atoms with Crippen LogP contribution < -0.4 is 16.2 Å². The van der Waals surface area contributed by atoms with Gasteiger partial charge in [-0.15, -0.1) is 11.8 Å². The van der Waals surface area contributed by atoms with Crippen LogP contribution in [0.15, 0.2) is 16.4 Å². The summed E-state index contributed by atoms with van der Waals surface area (Å²) < 4.78 is 4.11. The van der Waals surface area contributed by atoms with Gasteiger partial charge in [0.05, 0.1) is 31.9 Å². The van der Waals surface area contributed by atoms with Crippen molar-refractivity contribution >= 4 is 51.9 Å². The van der Waals surface area contributed by atoms with Gasteiger partial charge in [0.1, 0.15) is 38.2 Å². The normalized spacial score (nSPS) is 20.6. The molecule has 0 spiro atoms. The molecule has 186 valence electrons. The molecule has 0 aliphatic carbocycles. The zero-order valence-corrected chi connectivity index (χ0v) is 20.1. The number of nitrogens with one attached hydrogen (secondary N) is 1. The Bertz CT molecular complexity index is 1020. The van der Waals surface area contributed by atoms with Crippen LogP contribution in [-0.2, 0) is 19.2 Å². The van der Waals surface area contributed by atoms with Crippen LogP contribution in [0.1, 0.15) is 5.82 Å². The van der Waals surface area contributed by atoms with Crippen LogP contribution in [0.5, 0.6) is 0 Å². The number of hydrogen-bond acceptors (Lipinski definition) is 13. The van der Waals surface area contributed by atoms with E-state index in [1.54, 1.807) is 7.05 Å². The van der Waals surface area contributed by atoms with Crippen LogP contribution >= 0.6 is 23.3 Å². The number of carboxylic acids is 1. The van der Waals surface area contributed by atoms with Gasteiger partial charge in [-0.25, -0.2) is 0 Å². The quantitative estimate of drug-likeness (QED) is 0.0977. The highest BCUT2D eigenvalue weighted by molar-refractivity contribution is 8.00. The molecule has 0 radical (unpaired) electrons. The highest BCUT2D eigenvalue weighted by atomic mass is 32.2. The van der Waals surface area contributed by atoms with Crippen molar-refractivity contribution in [1.82, 2.24) is 19.6 Å². The van der Waals surface area contributed by atoms with Crippen molar-refractivity contribution in [3.63, 3.8) is 0 Å². The molecule has 2 aliphatic rings. The van der Waals surface area contributed by atoms with Crippen molar-refractivity contribution in [2.24, 2.45) is 5.16 Å². The van der Waals surface area contributed by atoms with Crippen LogP contribution in [0.4, 0.5) is 5.13 Å². The van der Waals surface area contributed by atoms with Crippen molar-refractivity contribution < 1.29 is 39.0 Å². The number of nitrogen functional groups attached to an aromatic ring is 1. The second kappa shape index (κ2) is 10.6. The third kappa shape index (κ3) is 5.15. The summed E-state index contributed by atoms with van der Waals surface area (Å²) in [5.41, 5.74) is 5.48. The largest absolute Gasteiger partial charge is 0.543 e. The maximum Gasteiger partial charge on any atom is 0.278 e. The first kappa shape index (κ1) is 25.8. The Morgan fingerprint density at radius 1 is 1.38 bits per heavy atom. The monoisotopic (exact) mass is 515 g/mol. The SMILES string of the molecule is CO/N=C(\C(=O)N[C@@H]1C(=O)N2C(C(=O)[O-])=C(C[N+](C)(CCO)CCO)CS[C@H]12)c1nsc(N)n1. The molecule has 0 aromatic carbocycles. The number of rotatable bonds is 11. The Kier molecular flexibility index (Phi) is 8.09. The molecule has 0 unspecified atom stereocenters. The molecular weight excluding hydrogens is 490 g/mol. The number of aromatic nitrogens is 2. The molecule has 14 nitrogen and oxygen atoms in total. The van der Waals surface area contributed by atoms with Crippen molar-refractivity contribution in [1.29, 1.82) is 0 Å². The lowest BCUT2D eigenvalue weighted by atomic mass is 10.0. The fourth-order valence-corrected chi connectivity index (χ4v) is 5.59. The molecule has 3 heterocycles. The predicted molar refractivity (Wildman–Crippen MR) is 120 cm³/mol. The van der Waals surface area contributed by atoms with Gasteiger partial charge in [0.2, 0.25) is 11.5 Å². The van der Waals surface area contributed by atoms with Crippen LogP contribution in [0.2, 0.25) is 0 Å². The molecular formula is C18H25N7O7S2. The number of carboxylic acid groups (broad SMARTS) is 1. The van der Waals surface area contributed by atoms with E-state index < -0.39 is 29.2 Å². The summed E-state index contributed by atoms with van der Waals surface area (Å²) in [5.74, 6) is -2.72. The number of quaternary nitrogens is 1. The van der Waals surface area contributed by atoms with Gasteiger partial charge in [-0.2, -0.15) is 9.36 Å². The number of carbonyl (C=O) groups is 3. The second-order valence-corrected chi connectivity index (χ2v) is 9.74. The Morgan fingerprint density at radius 3 is 2.59 bits per heavy atom. The average Bonchev–Trinajstić information content (AvgIpc) is 3.21. The third-order valence-corrected chi connectivity index (χ3v) is 7.31. The van der Waals surface area contributed by atoms with Crippen LogP contribution in [-0.4, -0.2) is 117 Å². The van der Waals surface area contributed by atoms with Gasteiger partial charge in [-0.05, 0) is 0 Å². The molecule has 1 aromatic heterocycles. The first-order valence-corrected chi connectivity index (χ1v) is 11.9. The van der Waals surface area contributed by atoms with E-state index in [1.807, 2.05) is 0 Å². The lowest BCUT2D eigenvalue weighted by Gasteiger charge is -2.51. The first-order chi connectivity index (χ1) is 16.2. The number of aliphatic hydroxyl groups excluding tert-OH is 2. The summed E-state index contributed by atoms with van der Waals surface area (Å²) in [6.07, 6.45) is 0. The number of aliphatic carboxylic acids is 1.